The first-order valence-corrected chi connectivity index (χ1v) is 15.7. The number of rotatable bonds is 8. The molecule has 2 aliphatic heterocycles. The smallest absolute Gasteiger partial charge is 0.331 e. The van der Waals surface area contributed by atoms with Crippen LogP contribution in [0.4, 0.5) is 0 Å². The summed E-state index contributed by atoms with van der Waals surface area (Å²) in [6.45, 7) is 5.67. The van der Waals surface area contributed by atoms with E-state index in [0.717, 1.165) is 20.4 Å². The Hall–Kier alpha value is -3.12. The minimum atomic E-state index is -3.81. The number of carbonyl (C=O) groups is 2. The van der Waals surface area contributed by atoms with Gasteiger partial charge in [-0.25, -0.2) is 13.2 Å². The second-order valence-electron chi connectivity index (χ2n) is 10.1. The van der Waals surface area contributed by atoms with Crippen LogP contribution >= 0.6 is 23.9 Å². The molecule has 0 N–H and O–H groups in total. The van der Waals surface area contributed by atoms with Crippen molar-refractivity contribution in [2.75, 3.05) is 7.05 Å². The molecule has 2 atom stereocenters. The molecular weight excluding hydrogens is 567 g/mol. The third kappa shape index (κ3) is 5.30. The van der Waals surface area contributed by atoms with E-state index in [4.69, 9.17) is 4.74 Å². The van der Waals surface area contributed by atoms with Crippen LogP contribution in [0.1, 0.15) is 36.6 Å². The lowest BCUT2D eigenvalue weighted by Gasteiger charge is -2.38. The third-order valence-corrected chi connectivity index (χ3v) is 11.2. The van der Waals surface area contributed by atoms with Crippen molar-refractivity contribution in [3.63, 3.8) is 0 Å². The Kier molecular flexibility index (Phi) is 7.84. The summed E-state index contributed by atoms with van der Waals surface area (Å²) in [5, 5.41) is -0.477. The topological polar surface area (TPSA) is 96.4 Å². The van der Waals surface area contributed by atoms with E-state index in [1.54, 1.807) is 12.1 Å². The molecule has 0 saturated carbocycles. The molecule has 1 amide bonds. The van der Waals surface area contributed by atoms with E-state index in [1.165, 1.54) is 35.8 Å². The van der Waals surface area contributed by atoms with Gasteiger partial charge in [-0.2, -0.15) is 4.40 Å². The maximum Gasteiger partial charge on any atom is 0.331 e. The van der Waals surface area contributed by atoms with E-state index in [9.17, 15) is 18.0 Å². The predicted octanol–water partition coefficient (Wildman–Crippen LogP) is 5.01. The van der Waals surface area contributed by atoms with Gasteiger partial charge < -0.3 is 9.64 Å². The lowest BCUT2D eigenvalue weighted by molar-refractivity contribution is -0.158. The van der Waals surface area contributed by atoms with Gasteiger partial charge in [-0.1, -0.05) is 78.4 Å². The molecule has 0 bridgehead atoms. The van der Waals surface area contributed by atoms with Gasteiger partial charge in [-0.15, -0.1) is 15.5 Å². The summed E-state index contributed by atoms with van der Waals surface area (Å²) in [6, 6.07) is 24.7. The van der Waals surface area contributed by atoms with Crippen LogP contribution in [-0.2, 0) is 24.3 Å². The van der Waals surface area contributed by atoms with E-state index in [1.807, 2.05) is 81.4 Å². The number of aryl methyl sites for hydroxylation is 1. The molecule has 2 saturated heterocycles. The number of hydrogen-bond donors (Lipinski definition) is 0. The number of β-lactam (4-membered cyclic amide) rings is 1. The van der Waals surface area contributed by atoms with Crippen molar-refractivity contribution in [1.82, 2.24) is 8.61 Å². The standard InChI is InChI=1S/C29H29N3O5S3/c1-19-15-17-22(18-16-19)40(35,36)31(4)39-30-23-26(33)32-25(29(2,3)38-27(23)32)28(34)37-24(20-11-7-5-8-12-20)21-13-9-6-10-14-21/h5-18,24-25,27H,1-4H3/b30-23+/t25-,27+/m0/s1. The fourth-order valence-corrected chi connectivity index (χ4v) is 8.16. The average molecular weight is 596 g/mol. The van der Waals surface area contributed by atoms with Gasteiger partial charge in [0.2, 0.25) is 0 Å². The van der Waals surface area contributed by atoms with E-state index in [-0.39, 0.29) is 10.6 Å². The number of fused-ring (bicyclic) bond motifs is 1. The molecule has 2 heterocycles. The molecule has 11 heteroatoms. The lowest BCUT2D eigenvalue weighted by atomic mass is 9.96. The molecule has 0 spiro atoms. The summed E-state index contributed by atoms with van der Waals surface area (Å²) in [5.41, 5.74) is 2.82. The van der Waals surface area contributed by atoms with Gasteiger partial charge in [0.1, 0.15) is 17.1 Å². The maximum absolute atomic E-state index is 13.7. The monoisotopic (exact) mass is 595 g/mol. The van der Waals surface area contributed by atoms with E-state index >= 15 is 0 Å². The fraction of sp³-hybridized carbons (Fsp3) is 0.276. The van der Waals surface area contributed by atoms with Crippen molar-refractivity contribution in [2.45, 2.75) is 47.9 Å². The van der Waals surface area contributed by atoms with Crippen LogP contribution in [0.2, 0.25) is 0 Å². The number of ether oxygens (including phenoxy) is 1. The van der Waals surface area contributed by atoms with Gasteiger partial charge in [-0.3, -0.25) is 4.79 Å². The second-order valence-corrected chi connectivity index (χ2v) is 14.9. The van der Waals surface area contributed by atoms with Crippen molar-refractivity contribution >= 4 is 51.5 Å². The van der Waals surface area contributed by atoms with E-state index in [2.05, 4.69) is 4.40 Å². The number of esters is 1. The summed E-state index contributed by atoms with van der Waals surface area (Å²) in [4.78, 5) is 28.5. The van der Waals surface area contributed by atoms with Crippen LogP contribution in [0.3, 0.4) is 0 Å². The quantitative estimate of drug-likeness (QED) is 0.205. The van der Waals surface area contributed by atoms with Gasteiger partial charge in [0.15, 0.2) is 6.10 Å². The van der Waals surface area contributed by atoms with E-state index in [0.29, 0.717) is 12.1 Å². The molecule has 0 aliphatic carbocycles. The summed E-state index contributed by atoms with van der Waals surface area (Å²) in [6.07, 6.45) is -0.629. The Morgan fingerprint density at radius 2 is 1.55 bits per heavy atom. The Labute approximate surface area is 243 Å². The molecular formula is C29H29N3O5S3. The average Bonchev–Trinajstić information content (AvgIpc) is 3.20. The summed E-state index contributed by atoms with van der Waals surface area (Å²) >= 11 is 2.12. The molecule has 0 aromatic heterocycles. The lowest BCUT2D eigenvalue weighted by Crippen LogP contribution is -2.63. The Bertz CT molecular complexity index is 1510. The highest BCUT2D eigenvalue weighted by Crippen LogP contribution is 2.50. The van der Waals surface area contributed by atoms with Crippen molar-refractivity contribution in [1.29, 1.82) is 0 Å². The van der Waals surface area contributed by atoms with Crippen molar-refractivity contribution < 1.29 is 22.7 Å². The zero-order valence-corrected chi connectivity index (χ0v) is 24.9. The normalized spacial score (nSPS) is 21.0. The number of sulfonamides is 1. The Morgan fingerprint density at radius 3 is 2.10 bits per heavy atom. The zero-order valence-electron chi connectivity index (χ0n) is 22.4. The Balaban J connectivity index is 1.33. The minimum Gasteiger partial charge on any atom is -0.451 e. The highest BCUT2D eigenvalue weighted by atomic mass is 32.3. The molecule has 0 unspecified atom stereocenters. The molecule has 0 radical (unpaired) electrons. The highest BCUT2D eigenvalue weighted by molar-refractivity contribution is 8.08. The minimum absolute atomic E-state index is 0.139. The van der Waals surface area contributed by atoms with Crippen LogP contribution in [0, 0.1) is 6.92 Å². The van der Waals surface area contributed by atoms with Gasteiger partial charge in [-0.05, 0) is 44.0 Å². The van der Waals surface area contributed by atoms with Crippen LogP contribution in [0.15, 0.2) is 94.2 Å². The molecule has 8 nitrogen and oxygen atoms in total. The molecule has 2 aliphatic rings. The van der Waals surface area contributed by atoms with Crippen molar-refractivity contribution in [3.05, 3.63) is 102 Å². The van der Waals surface area contributed by atoms with E-state index < -0.39 is 44.2 Å². The summed E-state index contributed by atoms with van der Waals surface area (Å²) in [5.74, 6) is -0.911. The second kappa shape index (κ2) is 11.0. The SMILES string of the molecule is Cc1ccc(S(=O)(=O)N(C)S/N=C2\C(=O)N3[C@@H]2SC(C)(C)[C@@H]3C(=O)OC(c2ccccc2)c2ccccc2)cc1. The predicted molar refractivity (Wildman–Crippen MR) is 158 cm³/mol. The third-order valence-electron chi connectivity index (χ3n) is 6.87. The van der Waals surface area contributed by atoms with Gasteiger partial charge in [0, 0.05) is 11.8 Å². The van der Waals surface area contributed by atoms with Gasteiger partial charge in [0.05, 0.1) is 17.0 Å². The maximum atomic E-state index is 13.7. The van der Waals surface area contributed by atoms with Crippen LogP contribution in [-0.4, -0.2) is 57.8 Å². The first-order valence-electron chi connectivity index (χ1n) is 12.6. The molecule has 40 heavy (non-hydrogen) atoms. The van der Waals surface area contributed by atoms with Crippen LogP contribution in [0.25, 0.3) is 0 Å². The number of carbonyl (C=O) groups excluding carboxylic acids is 2. The molecule has 5 rings (SSSR count). The number of hydrogen-bond acceptors (Lipinski definition) is 8. The van der Waals surface area contributed by atoms with Gasteiger partial charge >= 0.3 is 5.97 Å². The van der Waals surface area contributed by atoms with Gasteiger partial charge in [0.25, 0.3) is 15.9 Å². The number of thioether (sulfide) groups is 1. The summed E-state index contributed by atoms with van der Waals surface area (Å²) < 4.78 is 36.6. The molecule has 3 aromatic rings. The Morgan fingerprint density at radius 1 is 1.00 bits per heavy atom. The fourth-order valence-electron chi connectivity index (χ4n) is 4.71. The van der Waals surface area contributed by atoms with Crippen LogP contribution < -0.4 is 0 Å². The first kappa shape index (κ1) is 28.4. The molecule has 3 aromatic carbocycles. The molecule has 208 valence electrons. The first-order chi connectivity index (χ1) is 19.0. The highest BCUT2D eigenvalue weighted by Gasteiger charge is 2.63. The number of benzene rings is 3. The zero-order chi connectivity index (χ0) is 28.7. The van der Waals surface area contributed by atoms with Crippen molar-refractivity contribution in [2.24, 2.45) is 4.40 Å². The van der Waals surface area contributed by atoms with Crippen LogP contribution in [0.5, 0.6) is 0 Å². The molecule has 2 fully saturated rings. The number of nitrogens with zero attached hydrogens (tertiary/aromatic N) is 3. The largest absolute Gasteiger partial charge is 0.451 e. The number of amides is 1. The summed E-state index contributed by atoms with van der Waals surface area (Å²) in [7, 11) is -2.41. The van der Waals surface area contributed by atoms with Crippen molar-refractivity contribution in [3.8, 4) is 0 Å².